The van der Waals surface area contributed by atoms with Crippen LogP contribution in [-0.2, 0) is 4.79 Å². The maximum Gasteiger partial charge on any atom is 0.224 e. The number of nitrogens with two attached hydrogens (primary N) is 1. The van der Waals surface area contributed by atoms with Crippen molar-refractivity contribution in [2.24, 2.45) is 11.7 Å². The summed E-state index contributed by atoms with van der Waals surface area (Å²) >= 11 is 0. The van der Waals surface area contributed by atoms with E-state index in [0.29, 0.717) is 13.2 Å². The number of halogens is 1. The van der Waals surface area contributed by atoms with Crippen molar-refractivity contribution in [3.63, 3.8) is 0 Å². The van der Waals surface area contributed by atoms with Crippen LogP contribution < -0.4 is 15.8 Å². The van der Waals surface area contributed by atoms with Gasteiger partial charge in [0, 0.05) is 18.0 Å². The first kappa shape index (κ1) is 17.7. The minimum atomic E-state index is -0.174. The van der Waals surface area contributed by atoms with E-state index < -0.39 is 0 Å². The molecule has 0 fully saturated rings. The Morgan fingerprint density at radius 2 is 2.00 bits per heavy atom. The molecular formula is C14H23ClN2O2. The number of nitrogens with one attached hydrogen (secondary N) is 1. The van der Waals surface area contributed by atoms with Gasteiger partial charge in [0.15, 0.2) is 0 Å². The second-order valence-electron chi connectivity index (χ2n) is 4.34. The second-order valence-corrected chi connectivity index (χ2v) is 4.34. The molecule has 1 rings (SSSR count). The first-order chi connectivity index (χ1) is 8.60. The van der Waals surface area contributed by atoms with E-state index in [1.807, 2.05) is 45.0 Å². The molecule has 1 aromatic rings. The van der Waals surface area contributed by atoms with Gasteiger partial charge in [-0.1, -0.05) is 25.1 Å². The zero-order valence-electron chi connectivity index (χ0n) is 11.7. The van der Waals surface area contributed by atoms with Gasteiger partial charge in [-0.25, -0.2) is 0 Å². The largest absolute Gasteiger partial charge is 0.494 e. The molecule has 0 aliphatic rings. The summed E-state index contributed by atoms with van der Waals surface area (Å²) < 4.78 is 5.55. The van der Waals surface area contributed by atoms with E-state index in [-0.39, 0.29) is 30.3 Å². The Bertz CT molecular complexity index is 399. The van der Waals surface area contributed by atoms with Crippen LogP contribution in [-0.4, -0.2) is 19.1 Å². The molecule has 3 N–H and O–H groups in total. The van der Waals surface area contributed by atoms with Gasteiger partial charge in [-0.05, 0) is 19.9 Å². The zero-order valence-corrected chi connectivity index (χ0v) is 12.5. The van der Waals surface area contributed by atoms with E-state index in [0.717, 1.165) is 11.3 Å². The molecule has 4 nitrogen and oxygen atoms in total. The van der Waals surface area contributed by atoms with Crippen LogP contribution in [0.4, 0.5) is 0 Å². The molecule has 2 atom stereocenters. The maximum atomic E-state index is 11.8. The highest BCUT2D eigenvalue weighted by Gasteiger charge is 2.17. The molecule has 0 aliphatic heterocycles. The van der Waals surface area contributed by atoms with Crippen LogP contribution in [0.15, 0.2) is 24.3 Å². The predicted octanol–water partition coefficient (Wildman–Crippen LogP) is 2.28. The summed E-state index contributed by atoms with van der Waals surface area (Å²) in [6.07, 6.45) is 0. The molecule has 1 amide bonds. The normalized spacial score (nSPS) is 13.1. The van der Waals surface area contributed by atoms with Gasteiger partial charge >= 0.3 is 0 Å². The van der Waals surface area contributed by atoms with Crippen LogP contribution in [0, 0.1) is 5.92 Å². The highest BCUT2D eigenvalue weighted by molar-refractivity contribution is 5.85. The highest BCUT2D eigenvalue weighted by Crippen LogP contribution is 2.24. The fourth-order valence-electron chi connectivity index (χ4n) is 1.67. The van der Waals surface area contributed by atoms with Crippen molar-refractivity contribution in [2.45, 2.75) is 26.8 Å². The molecule has 5 heteroatoms. The quantitative estimate of drug-likeness (QED) is 0.843. The van der Waals surface area contributed by atoms with Crippen molar-refractivity contribution < 1.29 is 9.53 Å². The molecule has 0 bridgehead atoms. The zero-order chi connectivity index (χ0) is 13.5. The number of ether oxygens (including phenoxy) is 1. The SMILES string of the molecule is CCOc1ccccc1C(C)NC(=O)C(C)CN.Cl. The van der Waals surface area contributed by atoms with Gasteiger partial charge in [0.25, 0.3) is 0 Å². The van der Waals surface area contributed by atoms with Gasteiger partial charge in [-0.2, -0.15) is 0 Å². The third kappa shape index (κ3) is 5.09. The third-order valence-electron chi connectivity index (χ3n) is 2.85. The Morgan fingerprint density at radius 1 is 1.37 bits per heavy atom. The number of amides is 1. The van der Waals surface area contributed by atoms with Gasteiger partial charge in [-0.15, -0.1) is 12.4 Å². The van der Waals surface area contributed by atoms with E-state index in [2.05, 4.69) is 5.32 Å². The fraction of sp³-hybridized carbons (Fsp3) is 0.500. The van der Waals surface area contributed by atoms with Crippen molar-refractivity contribution in [1.29, 1.82) is 0 Å². The van der Waals surface area contributed by atoms with E-state index in [1.54, 1.807) is 0 Å². The Morgan fingerprint density at radius 3 is 2.58 bits per heavy atom. The van der Waals surface area contributed by atoms with Crippen molar-refractivity contribution >= 4 is 18.3 Å². The molecule has 19 heavy (non-hydrogen) atoms. The highest BCUT2D eigenvalue weighted by atomic mass is 35.5. The Balaban J connectivity index is 0.00000324. The van der Waals surface area contributed by atoms with E-state index >= 15 is 0 Å². The lowest BCUT2D eigenvalue weighted by Crippen LogP contribution is -2.35. The van der Waals surface area contributed by atoms with Crippen LogP contribution in [0.25, 0.3) is 0 Å². The average Bonchev–Trinajstić information content (AvgIpc) is 2.38. The van der Waals surface area contributed by atoms with Crippen LogP contribution in [0.3, 0.4) is 0 Å². The van der Waals surface area contributed by atoms with Gasteiger partial charge < -0.3 is 15.8 Å². The molecule has 0 saturated carbocycles. The Labute approximate surface area is 121 Å². The van der Waals surface area contributed by atoms with Crippen molar-refractivity contribution in [1.82, 2.24) is 5.32 Å². The molecule has 0 radical (unpaired) electrons. The minimum Gasteiger partial charge on any atom is -0.494 e. The number of rotatable bonds is 6. The molecule has 0 aliphatic carbocycles. The lowest BCUT2D eigenvalue weighted by Gasteiger charge is -2.19. The summed E-state index contributed by atoms with van der Waals surface area (Å²) in [5, 5.41) is 2.95. The van der Waals surface area contributed by atoms with Gasteiger partial charge in [0.2, 0.25) is 5.91 Å². The first-order valence-corrected chi connectivity index (χ1v) is 6.32. The molecule has 108 valence electrons. The Kier molecular flexibility index (Phi) is 8.19. The molecular weight excluding hydrogens is 264 g/mol. The van der Waals surface area contributed by atoms with Crippen molar-refractivity contribution in [3.05, 3.63) is 29.8 Å². The number of para-hydroxylation sites is 1. The summed E-state index contributed by atoms with van der Waals surface area (Å²) in [6, 6.07) is 7.64. The standard InChI is InChI=1S/C14H22N2O2.ClH/c1-4-18-13-8-6-5-7-12(13)11(3)16-14(17)10(2)9-15;/h5-8,10-11H,4,9,15H2,1-3H3,(H,16,17);1H. The lowest BCUT2D eigenvalue weighted by molar-refractivity contribution is -0.124. The summed E-state index contributed by atoms with van der Waals surface area (Å²) in [5.74, 6) is 0.608. The van der Waals surface area contributed by atoms with Crippen LogP contribution in [0.5, 0.6) is 5.75 Å². The molecule has 0 aromatic heterocycles. The summed E-state index contributed by atoms with van der Waals surface area (Å²) in [5.41, 5.74) is 6.46. The van der Waals surface area contributed by atoms with E-state index in [4.69, 9.17) is 10.5 Å². The monoisotopic (exact) mass is 286 g/mol. The summed E-state index contributed by atoms with van der Waals surface area (Å²) in [6.45, 7) is 6.66. The molecule has 0 spiro atoms. The third-order valence-corrected chi connectivity index (χ3v) is 2.85. The summed E-state index contributed by atoms with van der Waals surface area (Å²) in [7, 11) is 0. The number of hydrogen-bond acceptors (Lipinski definition) is 3. The number of benzene rings is 1. The van der Waals surface area contributed by atoms with Crippen LogP contribution in [0.1, 0.15) is 32.4 Å². The lowest BCUT2D eigenvalue weighted by atomic mass is 10.1. The maximum absolute atomic E-state index is 11.8. The molecule has 2 unspecified atom stereocenters. The average molecular weight is 287 g/mol. The Hall–Kier alpha value is -1.26. The molecule has 0 saturated heterocycles. The molecule has 0 heterocycles. The summed E-state index contributed by atoms with van der Waals surface area (Å²) in [4.78, 5) is 11.8. The van der Waals surface area contributed by atoms with Crippen molar-refractivity contribution in [3.8, 4) is 5.75 Å². The number of carbonyl (C=O) groups is 1. The first-order valence-electron chi connectivity index (χ1n) is 6.32. The minimum absolute atomic E-state index is 0. The van der Waals surface area contributed by atoms with E-state index in [1.165, 1.54) is 0 Å². The number of carbonyl (C=O) groups excluding carboxylic acids is 1. The number of hydrogen-bond donors (Lipinski definition) is 2. The smallest absolute Gasteiger partial charge is 0.224 e. The van der Waals surface area contributed by atoms with Gasteiger partial charge in [0.1, 0.15) is 5.75 Å². The van der Waals surface area contributed by atoms with E-state index in [9.17, 15) is 4.79 Å². The topological polar surface area (TPSA) is 64.3 Å². The molecule has 1 aromatic carbocycles. The van der Waals surface area contributed by atoms with Crippen LogP contribution >= 0.6 is 12.4 Å². The van der Waals surface area contributed by atoms with Gasteiger partial charge in [-0.3, -0.25) is 4.79 Å². The second kappa shape index (κ2) is 8.77. The van der Waals surface area contributed by atoms with Crippen molar-refractivity contribution in [2.75, 3.05) is 13.2 Å². The van der Waals surface area contributed by atoms with Gasteiger partial charge in [0.05, 0.1) is 12.6 Å². The predicted molar refractivity (Wildman–Crippen MR) is 79.6 cm³/mol. The van der Waals surface area contributed by atoms with Crippen LogP contribution in [0.2, 0.25) is 0 Å². The fourth-order valence-corrected chi connectivity index (χ4v) is 1.67.